The largest absolute Gasteiger partial charge is 0.394 e. The first kappa shape index (κ1) is 12.2. The number of hydrogen-bond donors (Lipinski definition) is 2. The minimum atomic E-state index is -0.402. The minimum Gasteiger partial charge on any atom is -0.394 e. The Morgan fingerprint density at radius 3 is 2.94 bits per heavy atom. The Morgan fingerprint density at radius 1 is 1.62 bits per heavy atom. The van der Waals surface area contributed by atoms with Gasteiger partial charge in [-0.1, -0.05) is 0 Å². The van der Waals surface area contributed by atoms with Crippen molar-refractivity contribution in [1.82, 2.24) is 5.48 Å². The summed E-state index contributed by atoms with van der Waals surface area (Å²) < 4.78 is 0. The van der Waals surface area contributed by atoms with Crippen LogP contribution in [0, 0.1) is 18.3 Å². The third-order valence-corrected chi connectivity index (χ3v) is 1.97. The van der Waals surface area contributed by atoms with Crippen molar-refractivity contribution < 1.29 is 14.7 Å². The first-order valence-corrected chi connectivity index (χ1v) is 4.72. The molecule has 0 saturated heterocycles. The van der Waals surface area contributed by atoms with Crippen LogP contribution in [0.3, 0.4) is 0 Å². The van der Waals surface area contributed by atoms with E-state index in [9.17, 15) is 4.79 Å². The standard InChI is InChI=1S/C11H12N2O3/c1-8-6-9(2-3-10(8)7-12)11(15)13-16-5-4-14/h2-3,6,14H,4-5H2,1H3,(H,13,15). The Kier molecular flexibility index (Phi) is 4.45. The van der Waals surface area contributed by atoms with Gasteiger partial charge in [-0.25, -0.2) is 5.48 Å². The van der Waals surface area contributed by atoms with Crippen LogP contribution in [-0.2, 0) is 4.84 Å². The first-order valence-electron chi connectivity index (χ1n) is 4.72. The predicted molar refractivity (Wildman–Crippen MR) is 56.4 cm³/mol. The number of carbonyl (C=O) groups excluding carboxylic acids is 1. The van der Waals surface area contributed by atoms with Crippen LogP contribution in [-0.4, -0.2) is 24.2 Å². The molecule has 0 bridgehead atoms. The number of aliphatic hydroxyl groups is 1. The van der Waals surface area contributed by atoms with E-state index in [0.717, 1.165) is 5.56 Å². The van der Waals surface area contributed by atoms with Gasteiger partial charge in [0.1, 0.15) is 0 Å². The van der Waals surface area contributed by atoms with Gasteiger partial charge in [0, 0.05) is 5.56 Å². The second kappa shape index (κ2) is 5.85. The molecule has 0 aliphatic rings. The number of hydroxylamine groups is 1. The number of aliphatic hydroxyl groups excluding tert-OH is 1. The molecule has 0 spiro atoms. The zero-order valence-corrected chi connectivity index (χ0v) is 8.86. The zero-order valence-electron chi connectivity index (χ0n) is 8.86. The monoisotopic (exact) mass is 220 g/mol. The number of aryl methyl sites for hydroxylation is 1. The molecular formula is C11H12N2O3. The number of rotatable bonds is 4. The molecule has 84 valence electrons. The van der Waals surface area contributed by atoms with Crippen molar-refractivity contribution >= 4 is 5.91 Å². The predicted octanol–water partition coefficient (Wildman–Crippen LogP) is 0.520. The van der Waals surface area contributed by atoms with Crippen LogP contribution in [0.4, 0.5) is 0 Å². The molecule has 0 heterocycles. The van der Waals surface area contributed by atoms with Crippen LogP contribution in [0.2, 0.25) is 0 Å². The van der Waals surface area contributed by atoms with Crippen molar-refractivity contribution in [1.29, 1.82) is 5.26 Å². The van der Waals surface area contributed by atoms with Gasteiger partial charge in [-0.3, -0.25) is 9.63 Å². The van der Waals surface area contributed by atoms with E-state index in [4.69, 9.17) is 10.4 Å². The number of amides is 1. The van der Waals surface area contributed by atoms with Gasteiger partial charge in [0.05, 0.1) is 24.8 Å². The minimum absolute atomic E-state index is 0.0427. The van der Waals surface area contributed by atoms with Crippen LogP contribution in [0.25, 0.3) is 0 Å². The summed E-state index contributed by atoms with van der Waals surface area (Å²) in [4.78, 5) is 16.2. The summed E-state index contributed by atoms with van der Waals surface area (Å²) in [5.74, 6) is -0.402. The molecule has 1 aromatic carbocycles. The highest BCUT2D eigenvalue weighted by atomic mass is 16.7. The molecule has 1 rings (SSSR count). The Morgan fingerprint density at radius 2 is 2.38 bits per heavy atom. The lowest BCUT2D eigenvalue weighted by Gasteiger charge is -2.05. The maximum absolute atomic E-state index is 11.5. The van der Waals surface area contributed by atoms with E-state index < -0.39 is 5.91 Å². The molecule has 0 aliphatic carbocycles. The zero-order chi connectivity index (χ0) is 12.0. The molecule has 0 fully saturated rings. The fraction of sp³-hybridized carbons (Fsp3) is 0.273. The van der Waals surface area contributed by atoms with Gasteiger partial charge in [-0.2, -0.15) is 5.26 Å². The van der Waals surface area contributed by atoms with E-state index in [2.05, 4.69) is 10.3 Å². The summed E-state index contributed by atoms with van der Waals surface area (Å²) >= 11 is 0. The fourth-order valence-electron chi connectivity index (χ4n) is 1.15. The summed E-state index contributed by atoms with van der Waals surface area (Å²) in [6.45, 7) is 1.64. The summed E-state index contributed by atoms with van der Waals surface area (Å²) in [5.41, 5.74) is 3.86. The van der Waals surface area contributed by atoms with Crippen LogP contribution >= 0.6 is 0 Å². The molecule has 0 aromatic heterocycles. The molecule has 5 nitrogen and oxygen atoms in total. The van der Waals surface area contributed by atoms with E-state index in [-0.39, 0.29) is 13.2 Å². The van der Waals surface area contributed by atoms with Crippen LogP contribution in [0.1, 0.15) is 21.5 Å². The van der Waals surface area contributed by atoms with Gasteiger partial charge in [0.25, 0.3) is 5.91 Å². The maximum Gasteiger partial charge on any atom is 0.274 e. The topological polar surface area (TPSA) is 82.3 Å². The third-order valence-electron chi connectivity index (χ3n) is 1.97. The van der Waals surface area contributed by atoms with E-state index in [0.29, 0.717) is 11.1 Å². The van der Waals surface area contributed by atoms with Gasteiger partial charge in [-0.15, -0.1) is 0 Å². The van der Waals surface area contributed by atoms with Crippen LogP contribution in [0.15, 0.2) is 18.2 Å². The molecule has 5 heteroatoms. The van der Waals surface area contributed by atoms with Crippen molar-refractivity contribution in [2.45, 2.75) is 6.92 Å². The molecule has 0 atom stereocenters. The van der Waals surface area contributed by atoms with Crippen molar-refractivity contribution in [3.63, 3.8) is 0 Å². The lowest BCUT2D eigenvalue weighted by atomic mass is 10.1. The van der Waals surface area contributed by atoms with Gasteiger partial charge in [-0.05, 0) is 30.7 Å². The van der Waals surface area contributed by atoms with Crippen molar-refractivity contribution in [3.8, 4) is 6.07 Å². The number of nitrogens with one attached hydrogen (secondary N) is 1. The van der Waals surface area contributed by atoms with E-state index in [1.807, 2.05) is 6.07 Å². The van der Waals surface area contributed by atoms with Crippen LogP contribution in [0.5, 0.6) is 0 Å². The summed E-state index contributed by atoms with van der Waals surface area (Å²) in [6, 6.07) is 6.75. The lowest BCUT2D eigenvalue weighted by Crippen LogP contribution is -2.25. The first-order chi connectivity index (χ1) is 7.69. The number of nitrogens with zero attached hydrogens (tertiary/aromatic N) is 1. The molecule has 0 radical (unpaired) electrons. The summed E-state index contributed by atoms with van der Waals surface area (Å²) in [5, 5.41) is 17.2. The number of nitriles is 1. The van der Waals surface area contributed by atoms with E-state index >= 15 is 0 Å². The van der Waals surface area contributed by atoms with Gasteiger partial charge < -0.3 is 5.11 Å². The fourth-order valence-corrected chi connectivity index (χ4v) is 1.15. The highest BCUT2D eigenvalue weighted by Gasteiger charge is 2.07. The number of benzene rings is 1. The van der Waals surface area contributed by atoms with E-state index in [1.54, 1.807) is 25.1 Å². The normalized spacial score (nSPS) is 9.56. The second-order valence-corrected chi connectivity index (χ2v) is 3.14. The highest BCUT2D eigenvalue weighted by molar-refractivity contribution is 5.93. The Bertz CT molecular complexity index is 424. The SMILES string of the molecule is Cc1cc(C(=O)NOCCO)ccc1C#N. The average Bonchev–Trinajstić information content (AvgIpc) is 2.29. The number of hydrogen-bond acceptors (Lipinski definition) is 4. The molecule has 1 amide bonds. The molecular weight excluding hydrogens is 208 g/mol. The maximum atomic E-state index is 11.5. The van der Waals surface area contributed by atoms with Crippen molar-refractivity contribution in [2.75, 3.05) is 13.2 Å². The Hall–Kier alpha value is -1.90. The molecule has 2 N–H and O–H groups in total. The lowest BCUT2D eigenvalue weighted by molar-refractivity contribution is 0.0168. The summed E-state index contributed by atoms with van der Waals surface area (Å²) in [7, 11) is 0. The Labute approximate surface area is 93.2 Å². The second-order valence-electron chi connectivity index (χ2n) is 3.14. The molecule has 16 heavy (non-hydrogen) atoms. The third kappa shape index (κ3) is 3.05. The highest BCUT2D eigenvalue weighted by Crippen LogP contribution is 2.09. The Balaban J connectivity index is 2.70. The smallest absolute Gasteiger partial charge is 0.274 e. The van der Waals surface area contributed by atoms with Crippen molar-refractivity contribution in [3.05, 3.63) is 34.9 Å². The van der Waals surface area contributed by atoms with Gasteiger partial charge >= 0.3 is 0 Å². The number of carbonyl (C=O) groups is 1. The van der Waals surface area contributed by atoms with Gasteiger partial charge in [0.2, 0.25) is 0 Å². The van der Waals surface area contributed by atoms with Gasteiger partial charge in [0.15, 0.2) is 0 Å². The summed E-state index contributed by atoms with van der Waals surface area (Å²) in [6.07, 6.45) is 0. The average molecular weight is 220 g/mol. The van der Waals surface area contributed by atoms with E-state index in [1.165, 1.54) is 0 Å². The molecule has 1 aromatic rings. The molecule has 0 aliphatic heterocycles. The molecule has 0 saturated carbocycles. The van der Waals surface area contributed by atoms with Crippen LogP contribution < -0.4 is 5.48 Å². The van der Waals surface area contributed by atoms with Crippen molar-refractivity contribution in [2.24, 2.45) is 0 Å². The quantitative estimate of drug-likeness (QED) is 0.572. The molecule has 0 unspecified atom stereocenters.